The van der Waals surface area contributed by atoms with Crippen LogP contribution in [0.25, 0.3) is 0 Å². The first-order valence-corrected chi connectivity index (χ1v) is 7.64. The third-order valence-electron chi connectivity index (χ3n) is 3.80. The van der Waals surface area contributed by atoms with Crippen LogP contribution in [0.1, 0.15) is 28.4 Å². The molecule has 0 spiro atoms. The fourth-order valence-corrected chi connectivity index (χ4v) is 2.15. The van der Waals surface area contributed by atoms with Gasteiger partial charge in [-0.2, -0.15) is 0 Å². The number of methoxy groups -OCH3 is 1. The van der Waals surface area contributed by atoms with E-state index in [0.717, 1.165) is 11.1 Å². The minimum Gasteiger partial charge on any atom is -0.481 e. The first-order valence-electron chi connectivity index (χ1n) is 7.64. The van der Waals surface area contributed by atoms with Crippen LogP contribution >= 0.6 is 0 Å². The minimum atomic E-state index is -0.647. The number of benzene rings is 2. The lowest BCUT2D eigenvalue weighted by Gasteiger charge is -2.17. The molecule has 0 fully saturated rings. The molecular formula is C19H21NO4. The second-order valence-corrected chi connectivity index (χ2v) is 5.52. The highest BCUT2D eigenvalue weighted by molar-refractivity contribution is 5.95. The number of ether oxygens (including phenoxy) is 2. The van der Waals surface area contributed by atoms with Crippen molar-refractivity contribution in [2.24, 2.45) is 0 Å². The van der Waals surface area contributed by atoms with Gasteiger partial charge in [-0.15, -0.1) is 0 Å². The lowest BCUT2D eigenvalue weighted by Crippen LogP contribution is -2.30. The number of carbonyl (C=O) groups excluding carboxylic acids is 2. The Morgan fingerprint density at radius 3 is 2.33 bits per heavy atom. The van der Waals surface area contributed by atoms with Gasteiger partial charge >= 0.3 is 5.97 Å². The summed E-state index contributed by atoms with van der Waals surface area (Å²) in [5.41, 5.74) is 3.14. The summed E-state index contributed by atoms with van der Waals surface area (Å²) >= 11 is 0. The van der Waals surface area contributed by atoms with Crippen LogP contribution in [0.5, 0.6) is 5.75 Å². The Kier molecular flexibility index (Phi) is 5.58. The first-order chi connectivity index (χ1) is 11.4. The molecule has 1 amide bonds. The van der Waals surface area contributed by atoms with Crippen LogP contribution in [0.15, 0.2) is 42.5 Å². The summed E-state index contributed by atoms with van der Waals surface area (Å²) < 4.78 is 10.4. The van der Waals surface area contributed by atoms with E-state index in [0.29, 0.717) is 17.0 Å². The average molecular weight is 327 g/mol. The largest absolute Gasteiger partial charge is 0.481 e. The van der Waals surface area contributed by atoms with E-state index in [1.54, 1.807) is 31.2 Å². The Balaban J connectivity index is 2.01. The van der Waals surface area contributed by atoms with Crippen molar-refractivity contribution in [1.82, 2.24) is 0 Å². The smallest absolute Gasteiger partial charge is 0.337 e. The Bertz CT molecular complexity index is 738. The Labute approximate surface area is 141 Å². The summed E-state index contributed by atoms with van der Waals surface area (Å²) in [6, 6.07) is 12.2. The molecular weight excluding hydrogens is 306 g/mol. The highest BCUT2D eigenvalue weighted by atomic mass is 16.5. The van der Waals surface area contributed by atoms with Gasteiger partial charge in [0.1, 0.15) is 5.75 Å². The number of hydrogen-bond acceptors (Lipinski definition) is 4. The summed E-state index contributed by atoms with van der Waals surface area (Å²) in [5.74, 6) is 0.0138. The quantitative estimate of drug-likeness (QED) is 0.854. The molecule has 126 valence electrons. The van der Waals surface area contributed by atoms with Crippen molar-refractivity contribution >= 4 is 17.6 Å². The molecule has 0 aliphatic rings. The highest BCUT2D eigenvalue weighted by Crippen LogP contribution is 2.22. The molecule has 0 aliphatic carbocycles. The third kappa shape index (κ3) is 4.13. The number of carbonyl (C=O) groups is 2. The molecule has 0 bridgehead atoms. The van der Waals surface area contributed by atoms with Gasteiger partial charge in [0, 0.05) is 5.69 Å². The SMILES string of the molecule is COC(=O)c1ccc(NC(=O)C(C)Oc2cccc(C)c2C)cc1. The van der Waals surface area contributed by atoms with Crippen molar-refractivity contribution in [3.05, 3.63) is 59.2 Å². The Morgan fingerprint density at radius 1 is 1.04 bits per heavy atom. The molecule has 5 heteroatoms. The van der Waals surface area contributed by atoms with Gasteiger partial charge in [-0.25, -0.2) is 4.79 Å². The van der Waals surface area contributed by atoms with Crippen LogP contribution in [0, 0.1) is 13.8 Å². The van der Waals surface area contributed by atoms with E-state index in [1.807, 2.05) is 32.0 Å². The van der Waals surface area contributed by atoms with Crippen LogP contribution in [0.2, 0.25) is 0 Å². The fraction of sp³-hybridized carbons (Fsp3) is 0.263. The van der Waals surface area contributed by atoms with Crippen LogP contribution in [-0.2, 0) is 9.53 Å². The topological polar surface area (TPSA) is 64.6 Å². The maximum Gasteiger partial charge on any atom is 0.337 e. The van der Waals surface area contributed by atoms with Crippen molar-refractivity contribution in [2.45, 2.75) is 26.9 Å². The number of rotatable bonds is 5. The zero-order valence-electron chi connectivity index (χ0n) is 14.3. The Hall–Kier alpha value is -2.82. The predicted molar refractivity (Wildman–Crippen MR) is 92.4 cm³/mol. The third-order valence-corrected chi connectivity index (χ3v) is 3.80. The summed E-state index contributed by atoms with van der Waals surface area (Å²) in [6.07, 6.45) is -0.647. The number of aryl methyl sites for hydroxylation is 1. The number of anilines is 1. The van der Waals surface area contributed by atoms with Gasteiger partial charge in [-0.3, -0.25) is 4.79 Å². The Morgan fingerprint density at radius 2 is 1.71 bits per heavy atom. The lowest BCUT2D eigenvalue weighted by molar-refractivity contribution is -0.122. The van der Waals surface area contributed by atoms with E-state index in [4.69, 9.17) is 4.74 Å². The molecule has 0 aliphatic heterocycles. The molecule has 0 heterocycles. The van der Waals surface area contributed by atoms with Crippen LogP contribution in [-0.4, -0.2) is 25.1 Å². The van der Waals surface area contributed by atoms with Crippen molar-refractivity contribution in [1.29, 1.82) is 0 Å². The molecule has 2 aromatic rings. The standard InChI is InChI=1S/C19H21NO4/c1-12-6-5-7-17(13(12)2)24-14(3)18(21)20-16-10-8-15(9-11-16)19(22)23-4/h5-11,14H,1-4H3,(H,20,21). The minimum absolute atomic E-state index is 0.262. The lowest BCUT2D eigenvalue weighted by atomic mass is 10.1. The summed E-state index contributed by atoms with van der Waals surface area (Å²) in [6.45, 7) is 5.65. The molecule has 0 aromatic heterocycles. The normalized spacial score (nSPS) is 11.5. The van der Waals surface area contributed by atoms with Gasteiger partial charge in [-0.1, -0.05) is 12.1 Å². The van der Waals surface area contributed by atoms with Crippen LogP contribution in [0.3, 0.4) is 0 Å². The number of hydrogen-bond donors (Lipinski definition) is 1. The van der Waals surface area contributed by atoms with Crippen LogP contribution < -0.4 is 10.1 Å². The average Bonchev–Trinajstić information content (AvgIpc) is 2.58. The van der Waals surface area contributed by atoms with Gasteiger partial charge in [0.25, 0.3) is 5.91 Å². The van der Waals surface area contributed by atoms with E-state index in [9.17, 15) is 9.59 Å². The molecule has 0 radical (unpaired) electrons. The maximum atomic E-state index is 12.3. The molecule has 1 atom stereocenters. The van der Waals surface area contributed by atoms with Gasteiger partial charge in [-0.05, 0) is 62.2 Å². The van der Waals surface area contributed by atoms with E-state index in [-0.39, 0.29) is 5.91 Å². The highest BCUT2D eigenvalue weighted by Gasteiger charge is 2.16. The molecule has 2 aromatic carbocycles. The van der Waals surface area contributed by atoms with Crippen molar-refractivity contribution < 1.29 is 19.1 Å². The van der Waals surface area contributed by atoms with Gasteiger partial charge < -0.3 is 14.8 Å². The van der Waals surface area contributed by atoms with Crippen molar-refractivity contribution in [3.8, 4) is 5.75 Å². The summed E-state index contributed by atoms with van der Waals surface area (Å²) in [7, 11) is 1.32. The molecule has 1 unspecified atom stereocenters. The number of esters is 1. The molecule has 1 N–H and O–H groups in total. The van der Waals surface area contributed by atoms with E-state index in [1.165, 1.54) is 7.11 Å². The first kappa shape index (κ1) is 17.5. The molecule has 0 saturated heterocycles. The monoisotopic (exact) mass is 327 g/mol. The second-order valence-electron chi connectivity index (χ2n) is 5.52. The molecule has 5 nitrogen and oxygen atoms in total. The molecule has 24 heavy (non-hydrogen) atoms. The molecule has 2 rings (SSSR count). The zero-order valence-corrected chi connectivity index (χ0v) is 14.3. The van der Waals surface area contributed by atoms with Gasteiger partial charge in [0.05, 0.1) is 12.7 Å². The second kappa shape index (κ2) is 7.64. The maximum absolute atomic E-state index is 12.3. The van der Waals surface area contributed by atoms with E-state index in [2.05, 4.69) is 10.1 Å². The van der Waals surface area contributed by atoms with E-state index < -0.39 is 12.1 Å². The van der Waals surface area contributed by atoms with Gasteiger partial charge in [0.2, 0.25) is 0 Å². The number of nitrogens with one attached hydrogen (secondary N) is 1. The van der Waals surface area contributed by atoms with Crippen molar-refractivity contribution in [3.63, 3.8) is 0 Å². The zero-order chi connectivity index (χ0) is 17.7. The van der Waals surface area contributed by atoms with Crippen LogP contribution in [0.4, 0.5) is 5.69 Å². The summed E-state index contributed by atoms with van der Waals surface area (Å²) in [5, 5.41) is 2.76. The fourth-order valence-electron chi connectivity index (χ4n) is 2.15. The van der Waals surface area contributed by atoms with E-state index >= 15 is 0 Å². The predicted octanol–water partition coefficient (Wildman–Crippen LogP) is 3.50. The number of amides is 1. The summed E-state index contributed by atoms with van der Waals surface area (Å²) in [4.78, 5) is 23.6. The molecule has 0 saturated carbocycles. The van der Waals surface area contributed by atoms with Gasteiger partial charge in [0.15, 0.2) is 6.10 Å². The van der Waals surface area contributed by atoms with Crippen molar-refractivity contribution in [2.75, 3.05) is 12.4 Å².